The van der Waals surface area contributed by atoms with Crippen LogP contribution in [0.25, 0.3) is 0 Å². The minimum Gasteiger partial charge on any atom is -1.00 e. The Morgan fingerprint density at radius 2 is 0.857 bits per heavy atom. The molecule has 0 saturated carbocycles. The molecule has 0 aliphatic heterocycles. The average molecular weight is 315 g/mol. The third-order valence-corrected chi connectivity index (χ3v) is 2.16. The first-order valence-electron chi connectivity index (χ1n) is 5.32. The van der Waals surface area contributed by atoms with E-state index < -0.39 is 0 Å². The summed E-state index contributed by atoms with van der Waals surface area (Å²) in [6.45, 7) is 2.61. The molecule has 0 heterocycles. The minimum atomic E-state index is 0. The van der Waals surface area contributed by atoms with Gasteiger partial charge in [0.15, 0.2) is 0 Å². The molecule has 0 aromatic rings. The predicted molar refractivity (Wildman–Crippen MR) is 59.6 cm³/mol. The molecule has 0 aliphatic carbocycles. The molecule has 0 aromatic carbocycles. The highest BCUT2D eigenvalue weighted by atomic mass is 127. The van der Waals surface area contributed by atoms with Crippen LogP contribution in [0.2, 0.25) is 0 Å². The van der Waals surface area contributed by atoms with E-state index in [1.807, 2.05) is 0 Å². The van der Waals surface area contributed by atoms with Crippen LogP contribution in [0, 0.1) is 0 Å². The summed E-state index contributed by atoms with van der Waals surface area (Å²) in [4.78, 5) is 0. The Morgan fingerprint density at radius 1 is 0.571 bits per heavy atom. The summed E-state index contributed by atoms with van der Waals surface area (Å²) in [5.74, 6) is 0. The highest BCUT2D eigenvalue weighted by molar-refractivity contribution is 4.40. The Balaban J connectivity index is 0. The van der Waals surface area contributed by atoms with E-state index in [-0.39, 0.29) is 24.0 Å². The minimum absolute atomic E-state index is 0. The summed E-state index contributed by atoms with van der Waals surface area (Å²) in [5, 5.41) is 0. The van der Waals surface area contributed by atoms with Crippen LogP contribution in [0.1, 0.15) is 19.3 Å². The van der Waals surface area contributed by atoms with E-state index >= 15 is 0 Å². The first-order valence-corrected chi connectivity index (χ1v) is 5.32. The molecule has 0 rings (SSSR count). The van der Waals surface area contributed by atoms with Gasteiger partial charge in [0, 0.05) is 0 Å². The summed E-state index contributed by atoms with van der Waals surface area (Å²) in [6.07, 6.45) is 4.11. The molecule has 88 valence electrons. The molecule has 2 nitrogen and oxygen atoms in total. The van der Waals surface area contributed by atoms with Gasteiger partial charge >= 0.3 is 0 Å². The van der Waals surface area contributed by atoms with Gasteiger partial charge in [-0.1, -0.05) is 0 Å². The van der Waals surface area contributed by atoms with Crippen LogP contribution in [-0.2, 0) is 0 Å². The third-order valence-electron chi connectivity index (χ3n) is 2.16. The van der Waals surface area contributed by atoms with E-state index in [1.54, 1.807) is 0 Å². The zero-order valence-electron chi connectivity index (χ0n) is 10.8. The second-order valence-corrected chi connectivity index (χ2v) is 6.09. The van der Waals surface area contributed by atoms with Gasteiger partial charge in [-0.3, -0.25) is 0 Å². The SMILES string of the molecule is C[N+](C)(C)CCCCC[N+](C)(C)C.[I-]. The van der Waals surface area contributed by atoms with Crippen molar-refractivity contribution < 1.29 is 32.9 Å². The van der Waals surface area contributed by atoms with Crippen molar-refractivity contribution in [1.29, 1.82) is 0 Å². The molecule has 0 atom stereocenters. The number of hydrogen-bond donors (Lipinski definition) is 0. The monoisotopic (exact) mass is 315 g/mol. The second-order valence-electron chi connectivity index (χ2n) is 6.09. The van der Waals surface area contributed by atoms with Crippen LogP contribution in [0.5, 0.6) is 0 Å². The number of hydrogen-bond acceptors (Lipinski definition) is 0. The number of nitrogens with zero attached hydrogens (tertiary/aromatic N) is 2. The molecule has 3 heteroatoms. The van der Waals surface area contributed by atoms with E-state index in [4.69, 9.17) is 0 Å². The van der Waals surface area contributed by atoms with Crippen LogP contribution in [0.3, 0.4) is 0 Å². The summed E-state index contributed by atoms with van der Waals surface area (Å²) < 4.78 is 2.20. The van der Waals surface area contributed by atoms with Crippen LogP contribution >= 0.6 is 0 Å². The molecular formula is C11H28IN2+. The highest BCUT2D eigenvalue weighted by Crippen LogP contribution is 2.03. The van der Waals surface area contributed by atoms with E-state index in [1.165, 1.54) is 32.4 Å². The number of unbranched alkanes of at least 4 members (excludes halogenated alkanes) is 2. The summed E-state index contributed by atoms with van der Waals surface area (Å²) in [6, 6.07) is 0. The van der Waals surface area contributed by atoms with Crippen molar-refractivity contribution in [3.63, 3.8) is 0 Å². The molecule has 0 bridgehead atoms. The van der Waals surface area contributed by atoms with Crippen molar-refractivity contribution >= 4 is 0 Å². The van der Waals surface area contributed by atoms with E-state index in [0.29, 0.717) is 0 Å². The lowest BCUT2D eigenvalue weighted by molar-refractivity contribution is -0.872. The predicted octanol–water partition coefficient (Wildman–Crippen LogP) is -1.43. The molecule has 0 aliphatic rings. The van der Waals surface area contributed by atoms with Gasteiger partial charge in [0.1, 0.15) is 0 Å². The lowest BCUT2D eigenvalue weighted by Crippen LogP contribution is -3.00. The number of rotatable bonds is 6. The molecule has 0 radical (unpaired) electrons. The molecule has 0 fully saturated rings. The first kappa shape index (κ1) is 17.1. The quantitative estimate of drug-likeness (QED) is 0.320. The molecule has 0 aromatic heterocycles. The fourth-order valence-electron chi connectivity index (χ4n) is 1.35. The first-order chi connectivity index (χ1) is 5.71. The topological polar surface area (TPSA) is 0 Å². The van der Waals surface area contributed by atoms with E-state index in [2.05, 4.69) is 42.3 Å². The van der Waals surface area contributed by atoms with Crippen molar-refractivity contribution in [2.75, 3.05) is 55.4 Å². The van der Waals surface area contributed by atoms with Crippen LogP contribution in [0.4, 0.5) is 0 Å². The maximum absolute atomic E-state index is 2.26. The molecule has 0 unspecified atom stereocenters. The summed E-state index contributed by atoms with van der Waals surface area (Å²) in [7, 11) is 13.6. The smallest absolute Gasteiger partial charge is 0.0780 e. The van der Waals surface area contributed by atoms with Crippen LogP contribution in [-0.4, -0.2) is 64.3 Å². The lowest BCUT2D eigenvalue weighted by atomic mass is 10.2. The summed E-state index contributed by atoms with van der Waals surface area (Å²) in [5.41, 5.74) is 0. The largest absolute Gasteiger partial charge is 1.00 e. The fraction of sp³-hybridized carbons (Fsp3) is 1.00. The van der Waals surface area contributed by atoms with Crippen molar-refractivity contribution in [3.05, 3.63) is 0 Å². The van der Waals surface area contributed by atoms with Crippen LogP contribution < -0.4 is 24.0 Å². The zero-order chi connectivity index (χ0) is 10.5. The standard InChI is InChI=1S/C11H28N2.HI/c1-12(2,3)10-8-7-9-11-13(4,5)6;/h7-11H2,1-6H3;1H/q+2;/p-1. The Kier molecular flexibility index (Phi) is 8.54. The van der Waals surface area contributed by atoms with Crippen molar-refractivity contribution in [2.24, 2.45) is 0 Å². The fourth-order valence-corrected chi connectivity index (χ4v) is 1.35. The Morgan fingerprint density at radius 3 is 1.07 bits per heavy atom. The van der Waals surface area contributed by atoms with Gasteiger partial charge < -0.3 is 32.9 Å². The molecule has 14 heavy (non-hydrogen) atoms. The Bertz CT molecular complexity index is 117. The average Bonchev–Trinajstić information content (AvgIpc) is 1.81. The van der Waals surface area contributed by atoms with E-state index in [0.717, 1.165) is 8.97 Å². The number of quaternary nitrogens is 2. The molecule has 0 N–H and O–H groups in total. The molecular weight excluding hydrogens is 287 g/mol. The molecule has 0 saturated heterocycles. The molecule has 0 amide bonds. The lowest BCUT2D eigenvalue weighted by Gasteiger charge is -2.25. The summed E-state index contributed by atoms with van der Waals surface area (Å²) >= 11 is 0. The molecule has 0 spiro atoms. The van der Waals surface area contributed by atoms with Gasteiger partial charge in [-0.2, -0.15) is 0 Å². The zero-order valence-corrected chi connectivity index (χ0v) is 13.0. The van der Waals surface area contributed by atoms with Gasteiger partial charge in [0.25, 0.3) is 0 Å². The van der Waals surface area contributed by atoms with Gasteiger partial charge in [-0.05, 0) is 19.3 Å². The van der Waals surface area contributed by atoms with Crippen molar-refractivity contribution in [1.82, 2.24) is 0 Å². The van der Waals surface area contributed by atoms with Gasteiger partial charge in [-0.15, -0.1) is 0 Å². The Labute approximate surface area is 107 Å². The van der Waals surface area contributed by atoms with Gasteiger partial charge in [-0.25, -0.2) is 0 Å². The second kappa shape index (κ2) is 7.01. The van der Waals surface area contributed by atoms with Gasteiger partial charge in [0.05, 0.1) is 55.4 Å². The van der Waals surface area contributed by atoms with Crippen LogP contribution in [0.15, 0.2) is 0 Å². The third kappa shape index (κ3) is 15.1. The number of halogens is 1. The van der Waals surface area contributed by atoms with Gasteiger partial charge in [0.2, 0.25) is 0 Å². The van der Waals surface area contributed by atoms with Crippen molar-refractivity contribution in [2.45, 2.75) is 19.3 Å². The highest BCUT2D eigenvalue weighted by Gasteiger charge is 2.08. The van der Waals surface area contributed by atoms with Crippen molar-refractivity contribution in [3.8, 4) is 0 Å². The normalized spacial score (nSPS) is 12.4. The van der Waals surface area contributed by atoms with E-state index in [9.17, 15) is 0 Å². The maximum Gasteiger partial charge on any atom is 0.0780 e. The maximum atomic E-state index is 2.26. The Hall–Kier alpha value is 0.650.